The molecule has 1 unspecified atom stereocenters. The summed E-state index contributed by atoms with van der Waals surface area (Å²) >= 11 is 9.11. The number of hydrogen-bond acceptors (Lipinski definition) is 3. The summed E-state index contributed by atoms with van der Waals surface area (Å²) in [7, 11) is 1.39. The van der Waals surface area contributed by atoms with Crippen molar-refractivity contribution in [3.05, 3.63) is 27.2 Å². The Morgan fingerprint density at radius 1 is 1.43 bits per heavy atom. The minimum Gasteiger partial charge on any atom is -0.349 e. The molecule has 1 atom stereocenters. The molecule has 1 amide bonds. The Labute approximate surface area is 141 Å². The molecular formula is C13H14BrCl2NO3S. The van der Waals surface area contributed by atoms with Crippen molar-refractivity contribution in [2.45, 2.75) is 37.1 Å². The van der Waals surface area contributed by atoms with Crippen LogP contribution in [0.4, 0.5) is 0 Å². The van der Waals surface area contributed by atoms with Crippen molar-refractivity contribution in [3.63, 3.8) is 0 Å². The maximum Gasteiger partial charge on any atom is 0.262 e. The Bertz CT molecular complexity index is 674. The number of hydrogen-bond donors (Lipinski definition) is 1. The van der Waals surface area contributed by atoms with Crippen LogP contribution in [0, 0.1) is 5.92 Å². The molecule has 1 aromatic rings. The monoisotopic (exact) mass is 413 g/mol. The summed E-state index contributed by atoms with van der Waals surface area (Å²) in [6.07, 6.45) is 3.37. The van der Waals surface area contributed by atoms with Crippen molar-refractivity contribution in [1.29, 1.82) is 0 Å². The normalized spacial score (nSPS) is 17.1. The molecule has 0 heterocycles. The van der Waals surface area contributed by atoms with Gasteiger partial charge in [0.25, 0.3) is 15.0 Å². The third-order valence-corrected chi connectivity index (χ3v) is 6.34. The number of amides is 1. The zero-order valence-electron chi connectivity index (χ0n) is 11.2. The van der Waals surface area contributed by atoms with E-state index in [0.717, 1.165) is 12.8 Å². The van der Waals surface area contributed by atoms with E-state index in [2.05, 4.69) is 21.2 Å². The van der Waals surface area contributed by atoms with Crippen LogP contribution >= 0.6 is 38.2 Å². The van der Waals surface area contributed by atoms with Gasteiger partial charge in [0.05, 0.1) is 15.5 Å². The fourth-order valence-corrected chi connectivity index (χ4v) is 4.81. The molecule has 0 bridgehead atoms. The number of halogens is 3. The lowest BCUT2D eigenvalue weighted by Gasteiger charge is -2.32. The fourth-order valence-electron chi connectivity index (χ4n) is 2.23. The van der Waals surface area contributed by atoms with Gasteiger partial charge < -0.3 is 5.32 Å². The van der Waals surface area contributed by atoms with Crippen molar-refractivity contribution in [2.75, 3.05) is 0 Å². The quantitative estimate of drug-likeness (QED) is 0.758. The number of carbonyl (C=O) groups is 1. The van der Waals surface area contributed by atoms with Gasteiger partial charge >= 0.3 is 0 Å². The predicted octanol–water partition coefficient (Wildman–Crippen LogP) is 3.95. The van der Waals surface area contributed by atoms with Gasteiger partial charge in [0.1, 0.15) is 0 Å². The molecule has 0 radical (unpaired) electrons. The van der Waals surface area contributed by atoms with Crippen molar-refractivity contribution in [1.82, 2.24) is 5.32 Å². The van der Waals surface area contributed by atoms with Crippen molar-refractivity contribution < 1.29 is 13.2 Å². The van der Waals surface area contributed by atoms with E-state index >= 15 is 0 Å². The topological polar surface area (TPSA) is 63.2 Å². The average molecular weight is 415 g/mol. The first-order valence-corrected chi connectivity index (χ1v) is 9.92. The molecule has 1 N–H and O–H groups in total. The largest absolute Gasteiger partial charge is 0.349 e. The van der Waals surface area contributed by atoms with Crippen LogP contribution in [-0.2, 0) is 9.05 Å². The van der Waals surface area contributed by atoms with Crippen LogP contribution in [0.3, 0.4) is 0 Å². The van der Waals surface area contributed by atoms with E-state index in [1.807, 2.05) is 6.92 Å². The summed E-state index contributed by atoms with van der Waals surface area (Å²) in [6.45, 7) is 1.94. The molecule has 8 heteroatoms. The molecule has 21 heavy (non-hydrogen) atoms. The first-order valence-electron chi connectivity index (χ1n) is 6.44. The molecule has 1 aliphatic rings. The highest BCUT2D eigenvalue weighted by atomic mass is 79.9. The van der Waals surface area contributed by atoms with Gasteiger partial charge in [0.15, 0.2) is 0 Å². The molecule has 1 aromatic carbocycles. The Morgan fingerprint density at radius 3 is 2.52 bits per heavy atom. The van der Waals surface area contributed by atoms with Gasteiger partial charge in [-0.1, -0.05) is 18.0 Å². The lowest BCUT2D eigenvalue weighted by atomic mass is 9.80. The van der Waals surface area contributed by atoms with Crippen LogP contribution in [-0.4, -0.2) is 20.4 Å². The Morgan fingerprint density at radius 2 is 2.05 bits per heavy atom. The van der Waals surface area contributed by atoms with E-state index in [0.29, 0.717) is 5.92 Å². The number of nitrogens with one attached hydrogen (secondary N) is 1. The van der Waals surface area contributed by atoms with Gasteiger partial charge in [-0.25, -0.2) is 8.42 Å². The van der Waals surface area contributed by atoms with E-state index in [-0.39, 0.29) is 26.0 Å². The number of rotatable bonds is 4. The molecule has 1 aliphatic carbocycles. The predicted molar refractivity (Wildman–Crippen MR) is 86.5 cm³/mol. The maximum absolute atomic E-state index is 12.3. The van der Waals surface area contributed by atoms with E-state index in [1.54, 1.807) is 0 Å². The summed E-state index contributed by atoms with van der Waals surface area (Å²) in [6, 6.07) is 2.58. The van der Waals surface area contributed by atoms with Crippen LogP contribution in [0.15, 0.2) is 21.5 Å². The number of carbonyl (C=O) groups excluding carboxylic acids is 1. The highest BCUT2D eigenvalue weighted by molar-refractivity contribution is 9.10. The van der Waals surface area contributed by atoms with Gasteiger partial charge in [-0.15, -0.1) is 0 Å². The summed E-state index contributed by atoms with van der Waals surface area (Å²) in [5.74, 6) is 0.0767. The molecule has 2 rings (SSSR count). The van der Waals surface area contributed by atoms with Crippen LogP contribution in [0.2, 0.25) is 5.02 Å². The highest BCUT2D eigenvalue weighted by Gasteiger charge is 2.27. The molecule has 0 aliphatic heterocycles. The van der Waals surface area contributed by atoms with E-state index in [1.165, 1.54) is 18.6 Å². The zero-order valence-corrected chi connectivity index (χ0v) is 15.1. The molecule has 4 nitrogen and oxygen atoms in total. The van der Waals surface area contributed by atoms with Gasteiger partial charge in [-0.05, 0) is 53.7 Å². The molecule has 1 fully saturated rings. The van der Waals surface area contributed by atoms with Crippen molar-refractivity contribution in [3.8, 4) is 0 Å². The lowest BCUT2D eigenvalue weighted by molar-refractivity contribution is 0.0909. The Hall–Kier alpha value is -0.300. The lowest BCUT2D eigenvalue weighted by Crippen LogP contribution is -2.40. The second-order valence-electron chi connectivity index (χ2n) is 5.15. The van der Waals surface area contributed by atoms with Crippen LogP contribution < -0.4 is 5.32 Å². The molecule has 0 spiro atoms. The Kier molecular flexibility index (Phi) is 5.23. The van der Waals surface area contributed by atoms with Gasteiger partial charge in [0, 0.05) is 21.2 Å². The minimum absolute atomic E-state index is 0.0297. The third kappa shape index (κ3) is 3.92. The molecule has 0 saturated heterocycles. The fraction of sp³-hybridized carbons (Fsp3) is 0.462. The first kappa shape index (κ1) is 17.1. The smallest absolute Gasteiger partial charge is 0.262 e. The van der Waals surface area contributed by atoms with Crippen LogP contribution in [0.1, 0.15) is 36.5 Å². The molecule has 116 valence electrons. The van der Waals surface area contributed by atoms with E-state index < -0.39 is 15.0 Å². The molecule has 0 aromatic heterocycles. The molecular weight excluding hydrogens is 401 g/mol. The van der Waals surface area contributed by atoms with Crippen LogP contribution in [0.25, 0.3) is 0 Å². The van der Waals surface area contributed by atoms with E-state index in [4.69, 9.17) is 22.3 Å². The molecule has 1 saturated carbocycles. The van der Waals surface area contributed by atoms with Crippen molar-refractivity contribution >= 4 is 53.2 Å². The van der Waals surface area contributed by atoms with Gasteiger partial charge in [-0.3, -0.25) is 4.79 Å². The minimum atomic E-state index is -3.96. The SMILES string of the molecule is CC(NC(=O)c1cc(S(=O)(=O)Cl)c(Br)cc1Cl)C1CCC1. The van der Waals surface area contributed by atoms with E-state index in [9.17, 15) is 13.2 Å². The summed E-state index contributed by atoms with van der Waals surface area (Å²) in [4.78, 5) is 12.1. The summed E-state index contributed by atoms with van der Waals surface area (Å²) in [5, 5.41) is 3.03. The van der Waals surface area contributed by atoms with Gasteiger partial charge in [0.2, 0.25) is 0 Å². The van der Waals surface area contributed by atoms with Crippen LogP contribution in [0.5, 0.6) is 0 Å². The first-order chi connectivity index (χ1) is 9.70. The summed E-state index contributed by atoms with van der Waals surface area (Å²) in [5.41, 5.74) is 0.102. The summed E-state index contributed by atoms with van der Waals surface area (Å²) < 4.78 is 23.2. The number of benzene rings is 1. The second kappa shape index (κ2) is 6.44. The van der Waals surface area contributed by atoms with Crippen molar-refractivity contribution in [2.24, 2.45) is 5.92 Å². The van der Waals surface area contributed by atoms with Gasteiger partial charge in [-0.2, -0.15) is 0 Å². The third-order valence-electron chi connectivity index (χ3n) is 3.74. The second-order valence-corrected chi connectivity index (χ2v) is 8.95. The zero-order chi connectivity index (χ0) is 15.8. The highest BCUT2D eigenvalue weighted by Crippen LogP contribution is 2.32. The average Bonchev–Trinajstić information content (AvgIpc) is 2.23. The standard InChI is InChI=1S/C13H14BrCl2NO3S/c1-7(8-3-2-4-8)17-13(18)9-5-12(21(16,19)20)10(14)6-11(9)15/h5-8H,2-4H2,1H3,(H,17,18). The maximum atomic E-state index is 12.3. The Balaban J connectivity index is 2.28.